The number of nitrogens with zero attached hydrogens (tertiary/aromatic N) is 1. The lowest BCUT2D eigenvalue weighted by atomic mass is 9.73. The molecule has 2 heterocycles. The van der Waals surface area contributed by atoms with Gasteiger partial charge >= 0.3 is 0 Å². The van der Waals surface area contributed by atoms with E-state index in [1.165, 1.54) is 12.1 Å². The van der Waals surface area contributed by atoms with Gasteiger partial charge < -0.3 is 15.0 Å². The van der Waals surface area contributed by atoms with E-state index < -0.39 is 5.41 Å². The van der Waals surface area contributed by atoms with Gasteiger partial charge in [-0.15, -0.1) is 0 Å². The number of halogens is 1. The standard InChI is InChI=1S/C23H25FN2O3/c24-19-8-6-18(7-9-19)23(10-14-29-15-11-23)22(28)25-20-5-3-4-17(16-20)21(27)26-12-1-2-13-26/h3-9,16H,1-2,10-15H2,(H,25,28). The minimum absolute atomic E-state index is 0.00193. The van der Waals surface area contributed by atoms with Gasteiger partial charge in [0.25, 0.3) is 5.91 Å². The minimum atomic E-state index is -0.777. The van der Waals surface area contributed by atoms with E-state index in [1.54, 1.807) is 36.4 Å². The summed E-state index contributed by atoms with van der Waals surface area (Å²) in [7, 11) is 0. The lowest BCUT2D eigenvalue weighted by Gasteiger charge is -2.36. The van der Waals surface area contributed by atoms with E-state index in [2.05, 4.69) is 5.32 Å². The zero-order valence-electron chi connectivity index (χ0n) is 16.3. The molecule has 2 amide bonds. The lowest BCUT2D eigenvalue weighted by molar-refractivity contribution is -0.125. The Labute approximate surface area is 169 Å². The maximum atomic E-state index is 13.4. The first-order valence-electron chi connectivity index (χ1n) is 10.1. The smallest absolute Gasteiger partial charge is 0.253 e. The van der Waals surface area contributed by atoms with Crippen molar-refractivity contribution < 1.29 is 18.7 Å². The minimum Gasteiger partial charge on any atom is -0.381 e. The van der Waals surface area contributed by atoms with Crippen LogP contribution in [0.5, 0.6) is 0 Å². The Balaban J connectivity index is 1.57. The predicted molar refractivity (Wildman–Crippen MR) is 108 cm³/mol. The Morgan fingerprint density at radius 3 is 2.38 bits per heavy atom. The molecule has 0 bridgehead atoms. The summed E-state index contributed by atoms with van der Waals surface area (Å²) in [5.74, 6) is -0.486. The number of anilines is 1. The first-order chi connectivity index (χ1) is 14.1. The molecular weight excluding hydrogens is 371 g/mol. The Hall–Kier alpha value is -2.73. The van der Waals surface area contributed by atoms with Crippen molar-refractivity contribution in [3.63, 3.8) is 0 Å². The third kappa shape index (κ3) is 4.03. The van der Waals surface area contributed by atoms with Gasteiger partial charge in [-0.2, -0.15) is 0 Å². The van der Waals surface area contributed by atoms with Gasteiger partial charge in [0.2, 0.25) is 5.91 Å². The van der Waals surface area contributed by atoms with Crippen LogP contribution >= 0.6 is 0 Å². The topological polar surface area (TPSA) is 58.6 Å². The van der Waals surface area contributed by atoms with Crippen molar-refractivity contribution in [1.82, 2.24) is 4.90 Å². The molecule has 2 fully saturated rings. The van der Waals surface area contributed by atoms with Crippen LogP contribution < -0.4 is 5.32 Å². The maximum Gasteiger partial charge on any atom is 0.253 e. The molecule has 0 spiro atoms. The van der Waals surface area contributed by atoms with Crippen molar-refractivity contribution >= 4 is 17.5 Å². The van der Waals surface area contributed by atoms with E-state index in [1.807, 2.05) is 4.90 Å². The molecule has 0 atom stereocenters. The quantitative estimate of drug-likeness (QED) is 0.856. The number of hydrogen-bond acceptors (Lipinski definition) is 3. The Bertz CT molecular complexity index is 885. The molecule has 152 valence electrons. The summed E-state index contributed by atoms with van der Waals surface area (Å²) in [6, 6.07) is 13.2. The van der Waals surface area contributed by atoms with Gasteiger partial charge in [0, 0.05) is 37.6 Å². The monoisotopic (exact) mass is 396 g/mol. The molecule has 29 heavy (non-hydrogen) atoms. The molecule has 2 saturated heterocycles. The lowest BCUT2D eigenvalue weighted by Crippen LogP contribution is -2.44. The van der Waals surface area contributed by atoms with Gasteiger partial charge in [-0.3, -0.25) is 9.59 Å². The third-order valence-electron chi connectivity index (χ3n) is 5.94. The van der Waals surface area contributed by atoms with E-state index in [0.717, 1.165) is 31.5 Å². The van der Waals surface area contributed by atoms with Crippen LogP contribution in [0.15, 0.2) is 48.5 Å². The summed E-state index contributed by atoms with van der Waals surface area (Å²) >= 11 is 0. The Morgan fingerprint density at radius 2 is 1.69 bits per heavy atom. The van der Waals surface area contributed by atoms with Crippen LogP contribution in [0, 0.1) is 5.82 Å². The SMILES string of the molecule is O=C(c1cccc(NC(=O)C2(c3ccc(F)cc3)CCOCC2)c1)N1CCCC1. The fourth-order valence-electron chi connectivity index (χ4n) is 4.22. The Kier molecular flexibility index (Phi) is 5.62. The molecule has 0 saturated carbocycles. The second-order valence-corrected chi connectivity index (χ2v) is 7.74. The van der Waals surface area contributed by atoms with Gasteiger partial charge in [0.05, 0.1) is 5.41 Å². The zero-order chi connectivity index (χ0) is 20.3. The van der Waals surface area contributed by atoms with Crippen LogP contribution in [0.1, 0.15) is 41.6 Å². The first kappa shape index (κ1) is 19.6. The summed E-state index contributed by atoms with van der Waals surface area (Å²) in [5, 5.41) is 2.99. The maximum absolute atomic E-state index is 13.4. The number of carbonyl (C=O) groups excluding carboxylic acids is 2. The molecule has 4 rings (SSSR count). The van der Waals surface area contributed by atoms with E-state index >= 15 is 0 Å². The fraction of sp³-hybridized carbons (Fsp3) is 0.391. The van der Waals surface area contributed by atoms with Crippen LogP contribution in [0.4, 0.5) is 10.1 Å². The molecule has 5 nitrogen and oxygen atoms in total. The summed E-state index contributed by atoms with van der Waals surface area (Å²) in [6.45, 7) is 2.50. The van der Waals surface area contributed by atoms with Gasteiger partial charge in [-0.25, -0.2) is 4.39 Å². The van der Waals surface area contributed by atoms with Crippen molar-refractivity contribution in [2.45, 2.75) is 31.1 Å². The fourth-order valence-corrected chi connectivity index (χ4v) is 4.22. The van der Waals surface area contributed by atoms with Crippen molar-refractivity contribution in [3.05, 3.63) is 65.5 Å². The number of likely N-dealkylation sites (tertiary alicyclic amines) is 1. The number of rotatable bonds is 4. The molecule has 2 aromatic carbocycles. The normalized spacial score (nSPS) is 18.4. The molecule has 0 unspecified atom stereocenters. The van der Waals surface area contributed by atoms with Crippen molar-refractivity contribution in [3.8, 4) is 0 Å². The molecule has 0 aromatic heterocycles. The highest BCUT2D eigenvalue weighted by atomic mass is 19.1. The highest BCUT2D eigenvalue weighted by molar-refractivity contribution is 6.01. The molecule has 2 aliphatic rings. The third-order valence-corrected chi connectivity index (χ3v) is 5.94. The summed E-state index contributed by atoms with van der Waals surface area (Å²) in [5.41, 5.74) is 1.17. The van der Waals surface area contributed by atoms with Crippen molar-refractivity contribution in [1.29, 1.82) is 0 Å². The van der Waals surface area contributed by atoms with Crippen LogP contribution in [0.3, 0.4) is 0 Å². The molecule has 0 aliphatic carbocycles. The van der Waals surface area contributed by atoms with Crippen LogP contribution in [-0.4, -0.2) is 43.0 Å². The van der Waals surface area contributed by atoms with Crippen molar-refractivity contribution in [2.24, 2.45) is 0 Å². The summed E-state index contributed by atoms with van der Waals surface area (Å²) in [6.07, 6.45) is 3.11. The zero-order valence-corrected chi connectivity index (χ0v) is 16.3. The number of amides is 2. The molecule has 2 aromatic rings. The molecule has 0 radical (unpaired) electrons. The van der Waals surface area contributed by atoms with Crippen LogP contribution in [0.25, 0.3) is 0 Å². The molecular formula is C23H25FN2O3. The predicted octanol–water partition coefficient (Wildman–Crippen LogP) is 3.75. The Morgan fingerprint density at radius 1 is 1.00 bits per heavy atom. The van der Waals surface area contributed by atoms with E-state index in [0.29, 0.717) is 37.3 Å². The number of carbonyl (C=O) groups is 2. The summed E-state index contributed by atoms with van der Waals surface area (Å²) < 4.78 is 18.9. The van der Waals surface area contributed by atoms with Crippen LogP contribution in [0.2, 0.25) is 0 Å². The van der Waals surface area contributed by atoms with Crippen LogP contribution in [-0.2, 0) is 14.9 Å². The average molecular weight is 396 g/mol. The number of ether oxygens (including phenoxy) is 1. The first-order valence-corrected chi connectivity index (χ1v) is 10.1. The van der Waals surface area contributed by atoms with Gasteiger partial charge in [0.15, 0.2) is 0 Å². The van der Waals surface area contributed by atoms with Gasteiger partial charge in [-0.05, 0) is 61.6 Å². The summed E-state index contributed by atoms with van der Waals surface area (Å²) in [4.78, 5) is 27.9. The van der Waals surface area contributed by atoms with E-state index in [4.69, 9.17) is 4.74 Å². The van der Waals surface area contributed by atoms with Gasteiger partial charge in [-0.1, -0.05) is 18.2 Å². The molecule has 1 N–H and O–H groups in total. The average Bonchev–Trinajstić information content (AvgIpc) is 3.29. The van der Waals surface area contributed by atoms with E-state index in [-0.39, 0.29) is 17.6 Å². The highest BCUT2D eigenvalue weighted by Crippen LogP contribution is 2.36. The molecule has 2 aliphatic heterocycles. The van der Waals surface area contributed by atoms with Crippen molar-refractivity contribution in [2.75, 3.05) is 31.6 Å². The second-order valence-electron chi connectivity index (χ2n) is 7.74. The number of nitrogens with one attached hydrogen (secondary N) is 1. The molecule has 6 heteroatoms. The van der Waals surface area contributed by atoms with Gasteiger partial charge in [0.1, 0.15) is 5.82 Å². The number of benzene rings is 2. The highest BCUT2D eigenvalue weighted by Gasteiger charge is 2.41. The largest absolute Gasteiger partial charge is 0.381 e. The second kappa shape index (κ2) is 8.33. The number of hydrogen-bond donors (Lipinski definition) is 1. The van der Waals surface area contributed by atoms with E-state index in [9.17, 15) is 14.0 Å².